The van der Waals surface area contributed by atoms with Crippen LogP contribution < -0.4 is 20.1 Å². The number of anilines is 1. The van der Waals surface area contributed by atoms with Crippen molar-refractivity contribution in [1.29, 1.82) is 0 Å². The Bertz CT molecular complexity index is 795. The third-order valence-corrected chi connectivity index (χ3v) is 4.38. The predicted octanol–water partition coefficient (Wildman–Crippen LogP) is 0.906. The molecule has 1 aliphatic heterocycles. The molecule has 0 aromatic heterocycles. The van der Waals surface area contributed by atoms with Crippen molar-refractivity contribution in [3.63, 3.8) is 0 Å². The second-order valence-electron chi connectivity index (χ2n) is 6.28. The fraction of sp³-hybridized carbons (Fsp3) is 0.444. The fourth-order valence-electron chi connectivity index (χ4n) is 2.55. The van der Waals surface area contributed by atoms with Gasteiger partial charge in [-0.15, -0.1) is 0 Å². The maximum absolute atomic E-state index is 12.2. The number of benzene rings is 1. The summed E-state index contributed by atoms with van der Waals surface area (Å²) >= 11 is 0. The minimum Gasteiger partial charge on any atom is -0.497 e. The molecule has 1 atom stereocenters. The zero-order valence-electron chi connectivity index (χ0n) is 16.2. The number of ether oxygens (including phenoxy) is 3. The van der Waals surface area contributed by atoms with Crippen molar-refractivity contribution in [1.82, 2.24) is 10.2 Å². The van der Waals surface area contributed by atoms with Crippen LogP contribution in [0.2, 0.25) is 0 Å². The number of hydrogen-bond acceptors (Lipinski definition) is 7. The molecule has 1 saturated heterocycles. The standard InChI is InChI=1S/C18H23N3O7/c1-5-18(2)16(24)21(17(25)20-18)9-15(23)28-10-14(22)19-12-8-11(26-3)6-7-13(12)27-4/h6-8H,5,9-10H2,1-4H3,(H,19,22)(H,20,25)/t18-/m1/s1. The number of carbonyl (C=O) groups excluding carboxylic acids is 4. The Balaban J connectivity index is 1.90. The van der Waals surface area contributed by atoms with Crippen molar-refractivity contribution < 1.29 is 33.4 Å². The second kappa shape index (κ2) is 8.59. The normalized spacial score (nSPS) is 18.5. The first-order chi connectivity index (χ1) is 13.2. The van der Waals surface area contributed by atoms with Crippen molar-refractivity contribution in [3.05, 3.63) is 18.2 Å². The topological polar surface area (TPSA) is 123 Å². The van der Waals surface area contributed by atoms with Gasteiger partial charge in [-0.1, -0.05) is 6.92 Å². The summed E-state index contributed by atoms with van der Waals surface area (Å²) in [4.78, 5) is 48.9. The van der Waals surface area contributed by atoms with Crippen molar-refractivity contribution >= 4 is 29.5 Å². The Morgan fingerprint density at radius 3 is 2.50 bits per heavy atom. The summed E-state index contributed by atoms with van der Waals surface area (Å²) in [5, 5.41) is 5.07. The second-order valence-corrected chi connectivity index (χ2v) is 6.28. The summed E-state index contributed by atoms with van der Waals surface area (Å²) in [6, 6.07) is 4.16. The lowest BCUT2D eigenvalue weighted by atomic mass is 9.99. The van der Waals surface area contributed by atoms with Crippen LogP contribution in [0.25, 0.3) is 0 Å². The quantitative estimate of drug-likeness (QED) is 0.497. The van der Waals surface area contributed by atoms with Crippen LogP contribution in [0.3, 0.4) is 0 Å². The molecule has 28 heavy (non-hydrogen) atoms. The molecule has 1 aromatic rings. The number of imide groups is 1. The first kappa shape index (κ1) is 21.0. The molecule has 1 fully saturated rings. The molecule has 0 saturated carbocycles. The van der Waals surface area contributed by atoms with Crippen LogP contribution in [-0.4, -0.2) is 61.6 Å². The Hall–Kier alpha value is -3.30. The van der Waals surface area contributed by atoms with Gasteiger partial charge in [0.05, 0.1) is 19.9 Å². The largest absolute Gasteiger partial charge is 0.497 e. The van der Waals surface area contributed by atoms with Gasteiger partial charge < -0.3 is 24.8 Å². The molecule has 4 amide bonds. The van der Waals surface area contributed by atoms with Gasteiger partial charge >= 0.3 is 12.0 Å². The maximum Gasteiger partial charge on any atom is 0.326 e. The Morgan fingerprint density at radius 2 is 1.93 bits per heavy atom. The molecule has 0 unspecified atom stereocenters. The molecule has 2 N–H and O–H groups in total. The van der Waals surface area contributed by atoms with Crippen LogP contribution in [-0.2, 0) is 19.1 Å². The summed E-state index contributed by atoms with van der Waals surface area (Å²) in [6.45, 7) is 2.16. The molecule has 1 aliphatic rings. The minimum atomic E-state index is -1.04. The van der Waals surface area contributed by atoms with E-state index >= 15 is 0 Å². The van der Waals surface area contributed by atoms with Gasteiger partial charge in [-0.2, -0.15) is 0 Å². The van der Waals surface area contributed by atoms with Crippen molar-refractivity contribution in [2.45, 2.75) is 25.8 Å². The molecule has 0 radical (unpaired) electrons. The van der Waals surface area contributed by atoms with Crippen LogP contribution in [0, 0.1) is 0 Å². The monoisotopic (exact) mass is 393 g/mol. The number of carbonyl (C=O) groups is 4. The number of esters is 1. The van der Waals surface area contributed by atoms with E-state index in [9.17, 15) is 19.2 Å². The van der Waals surface area contributed by atoms with Gasteiger partial charge in [0.1, 0.15) is 23.6 Å². The summed E-state index contributed by atoms with van der Waals surface area (Å²) in [5.41, 5.74) is -0.701. The van der Waals surface area contributed by atoms with Gasteiger partial charge in [0.25, 0.3) is 11.8 Å². The highest BCUT2D eigenvalue weighted by Gasteiger charge is 2.47. The Kier molecular flexibility index (Phi) is 6.45. The molecule has 152 valence electrons. The fourth-order valence-corrected chi connectivity index (χ4v) is 2.55. The minimum absolute atomic E-state index is 0.343. The van der Waals surface area contributed by atoms with E-state index in [-0.39, 0.29) is 0 Å². The number of nitrogens with one attached hydrogen (secondary N) is 2. The first-order valence-electron chi connectivity index (χ1n) is 8.55. The summed E-state index contributed by atoms with van der Waals surface area (Å²) < 4.78 is 15.1. The molecule has 1 aromatic carbocycles. The van der Waals surface area contributed by atoms with E-state index in [1.807, 2.05) is 0 Å². The molecular weight excluding hydrogens is 370 g/mol. The van der Waals surface area contributed by atoms with Crippen LogP contribution in [0.1, 0.15) is 20.3 Å². The number of hydrogen-bond donors (Lipinski definition) is 2. The molecule has 10 heteroatoms. The summed E-state index contributed by atoms with van der Waals surface area (Å²) in [6.07, 6.45) is 0.383. The zero-order chi connectivity index (χ0) is 20.9. The number of urea groups is 1. The highest BCUT2D eigenvalue weighted by molar-refractivity contribution is 6.08. The average molecular weight is 393 g/mol. The van der Waals surface area contributed by atoms with E-state index < -0.39 is 42.5 Å². The zero-order valence-corrected chi connectivity index (χ0v) is 16.2. The lowest BCUT2D eigenvalue weighted by Gasteiger charge is -2.18. The third kappa shape index (κ3) is 4.51. The van der Waals surface area contributed by atoms with Gasteiger partial charge in [-0.3, -0.25) is 19.3 Å². The Labute approximate surface area is 162 Å². The maximum atomic E-state index is 12.2. The van der Waals surface area contributed by atoms with Crippen LogP contribution in [0.15, 0.2) is 18.2 Å². The molecule has 0 spiro atoms. The molecule has 0 bridgehead atoms. The highest BCUT2D eigenvalue weighted by Crippen LogP contribution is 2.28. The van der Waals surface area contributed by atoms with Crippen molar-refractivity contribution in [2.24, 2.45) is 0 Å². The molecule has 10 nitrogen and oxygen atoms in total. The van der Waals surface area contributed by atoms with E-state index in [1.54, 1.807) is 32.0 Å². The third-order valence-electron chi connectivity index (χ3n) is 4.38. The van der Waals surface area contributed by atoms with Gasteiger partial charge in [0, 0.05) is 6.07 Å². The molecule has 0 aliphatic carbocycles. The summed E-state index contributed by atoms with van der Waals surface area (Å²) in [5.74, 6) is -1.10. The van der Waals surface area contributed by atoms with Gasteiger partial charge in [-0.05, 0) is 25.5 Å². The molecular formula is C18H23N3O7. The lowest BCUT2D eigenvalue weighted by Crippen LogP contribution is -2.43. The number of nitrogens with zero attached hydrogens (tertiary/aromatic N) is 1. The van der Waals surface area contributed by atoms with Crippen LogP contribution in [0.5, 0.6) is 11.5 Å². The van der Waals surface area contributed by atoms with E-state index in [0.29, 0.717) is 23.6 Å². The van der Waals surface area contributed by atoms with Crippen molar-refractivity contribution in [2.75, 3.05) is 32.7 Å². The summed E-state index contributed by atoms with van der Waals surface area (Å²) in [7, 11) is 2.92. The van der Waals surface area contributed by atoms with Gasteiger partial charge in [0.15, 0.2) is 6.61 Å². The number of rotatable bonds is 8. The van der Waals surface area contributed by atoms with Crippen LogP contribution in [0.4, 0.5) is 10.5 Å². The Morgan fingerprint density at radius 1 is 1.21 bits per heavy atom. The molecule has 1 heterocycles. The van der Waals surface area contributed by atoms with Gasteiger partial charge in [-0.25, -0.2) is 4.79 Å². The number of methoxy groups -OCH3 is 2. The average Bonchev–Trinajstić information content (AvgIpc) is 2.90. The van der Waals surface area contributed by atoms with Crippen LogP contribution >= 0.6 is 0 Å². The lowest BCUT2D eigenvalue weighted by molar-refractivity contribution is -0.150. The predicted molar refractivity (Wildman–Crippen MR) is 98.1 cm³/mol. The van der Waals surface area contributed by atoms with Crippen molar-refractivity contribution in [3.8, 4) is 11.5 Å². The van der Waals surface area contributed by atoms with E-state index in [4.69, 9.17) is 14.2 Å². The number of amides is 4. The van der Waals surface area contributed by atoms with E-state index in [0.717, 1.165) is 4.90 Å². The molecule has 2 rings (SSSR count). The SMILES string of the molecule is CC[C@@]1(C)NC(=O)N(CC(=O)OCC(=O)Nc2cc(OC)ccc2OC)C1=O. The van der Waals surface area contributed by atoms with Gasteiger partial charge in [0.2, 0.25) is 0 Å². The first-order valence-corrected chi connectivity index (χ1v) is 8.55. The van der Waals surface area contributed by atoms with E-state index in [1.165, 1.54) is 14.2 Å². The van der Waals surface area contributed by atoms with E-state index in [2.05, 4.69) is 10.6 Å². The highest BCUT2D eigenvalue weighted by atomic mass is 16.5. The smallest absolute Gasteiger partial charge is 0.326 e.